The van der Waals surface area contributed by atoms with Crippen molar-refractivity contribution in [3.8, 4) is 0 Å². The van der Waals surface area contributed by atoms with E-state index in [1.807, 2.05) is 0 Å². The van der Waals surface area contributed by atoms with E-state index in [9.17, 15) is 9.59 Å². The van der Waals surface area contributed by atoms with Gasteiger partial charge in [0.15, 0.2) is 0 Å². The predicted octanol–water partition coefficient (Wildman–Crippen LogP) is 4.19. The molecule has 2 aromatic rings. The van der Waals surface area contributed by atoms with E-state index in [4.69, 9.17) is 16.7 Å². The van der Waals surface area contributed by atoms with Gasteiger partial charge in [0, 0.05) is 5.69 Å². The molecular formula is C22H24ClN3O3. The molecule has 0 aliphatic heterocycles. The molecule has 152 valence electrons. The molecule has 29 heavy (non-hydrogen) atoms. The van der Waals surface area contributed by atoms with Gasteiger partial charge in [-0.15, -0.1) is 0 Å². The van der Waals surface area contributed by atoms with Crippen LogP contribution in [-0.2, 0) is 16.8 Å². The van der Waals surface area contributed by atoms with Gasteiger partial charge in [-0.25, -0.2) is 4.68 Å². The summed E-state index contributed by atoms with van der Waals surface area (Å²) < 4.78 is 1.68. The number of nitrogens with zero attached hydrogens (tertiary/aromatic N) is 2. The summed E-state index contributed by atoms with van der Waals surface area (Å²) in [6.07, 6.45) is 8.66. The van der Waals surface area contributed by atoms with E-state index in [0.717, 1.165) is 42.7 Å². The van der Waals surface area contributed by atoms with Crippen molar-refractivity contribution >= 4 is 28.9 Å². The van der Waals surface area contributed by atoms with Gasteiger partial charge in [0.2, 0.25) is 0 Å². The summed E-state index contributed by atoms with van der Waals surface area (Å²) in [5.74, 6) is 1.29. The SMILES string of the molecule is O=C(O)Cc1ccc(Nc2cnn(C34CC5CC(CC(C5)C3)C4)c(=O)c2Cl)cc1. The topological polar surface area (TPSA) is 84.2 Å². The van der Waals surface area contributed by atoms with Gasteiger partial charge in [-0.05, 0) is 74.0 Å². The van der Waals surface area contributed by atoms with Crippen LogP contribution in [0.15, 0.2) is 35.3 Å². The lowest BCUT2D eigenvalue weighted by Gasteiger charge is -2.56. The molecule has 7 heteroatoms. The second kappa shape index (κ2) is 6.87. The Bertz CT molecular complexity index is 980. The van der Waals surface area contributed by atoms with E-state index in [1.54, 1.807) is 35.1 Å². The minimum atomic E-state index is -0.869. The van der Waals surface area contributed by atoms with Gasteiger partial charge >= 0.3 is 5.97 Å². The monoisotopic (exact) mass is 413 g/mol. The summed E-state index contributed by atoms with van der Waals surface area (Å²) in [5, 5.41) is 16.7. The van der Waals surface area contributed by atoms with Gasteiger partial charge in [-0.1, -0.05) is 23.7 Å². The minimum Gasteiger partial charge on any atom is -0.481 e. The van der Waals surface area contributed by atoms with Crippen LogP contribution >= 0.6 is 11.6 Å². The zero-order chi connectivity index (χ0) is 20.2. The fourth-order valence-electron chi connectivity index (χ4n) is 6.22. The third kappa shape index (κ3) is 3.33. The standard InChI is InChI=1S/C22H24ClN3O3/c23-20-18(25-17-3-1-13(2-4-17)8-19(27)28)12-24-26(21(20)29)22-9-14-5-15(10-22)7-16(6-14)11-22/h1-4,12,14-16,25H,5-11H2,(H,27,28). The van der Waals surface area contributed by atoms with Gasteiger partial charge in [-0.3, -0.25) is 9.59 Å². The van der Waals surface area contributed by atoms with Crippen LogP contribution in [0.4, 0.5) is 11.4 Å². The highest BCUT2D eigenvalue weighted by Gasteiger charge is 2.53. The lowest BCUT2D eigenvalue weighted by molar-refractivity contribution is -0.136. The van der Waals surface area contributed by atoms with Gasteiger partial charge in [0.05, 0.1) is 23.8 Å². The molecule has 0 atom stereocenters. The Hall–Kier alpha value is -2.34. The number of aromatic nitrogens is 2. The van der Waals surface area contributed by atoms with Gasteiger partial charge in [0.25, 0.3) is 5.56 Å². The maximum Gasteiger partial charge on any atom is 0.307 e. The highest BCUT2D eigenvalue weighted by atomic mass is 35.5. The maximum absolute atomic E-state index is 13.1. The Morgan fingerprint density at radius 3 is 2.28 bits per heavy atom. The summed E-state index contributed by atoms with van der Waals surface area (Å²) in [6.45, 7) is 0. The highest BCUT2D eigenvalue weighted by Crippen LogP contribution is 2.58. The van der Waals surface area contributed by atoms with E-state index in [-0.39, 0.29) is 22.5 Å². The van der Waals surface area contributed by atoms with Crippen molar-refractivity contribution in [2.24, 2.45) is 17.8 Å². The number of carboxylic acids is 1. The largest absolute Gasteiger partial charge is 0.481 e. The molecule has 1 heterocycles. The van der Waals surface area contributed by atoms with E-state index in [1.165, 1.54) is 19.3 Å². The number of halogens is 1. The molecule has 0 amide bonds. The minimum absolute atomic E-state index is 0.0241. The molecule has 1 aromatic heterocycles. The molecule has 4 saturated carbocycles. The molecule has 2 N–H and O–H groups in total. The first-order chi connectivity index (χ1) is 13.9. The first-order valence-electron chi connectivity index (χ1n) is 10.3. The second-order valence-corrected chi connectivity index (χ2v) is 9.50. The number of benzene rings is 1. The number of hydrogen-bond acceptors (Lipinski definition) is 4. The Morgan fingerprint density at radius 2 is 1.72 bits per heavy atom. The van der Waals surface area contributed by atoms with Gasteiger partial charge in [0.1, 0.15) is 5.02 Å². The first-order valence-corrected chi connectivity index (χ1v) is 10.7. The molecule has 0 spiro atoms. The molecule has 6 nitrogen and oxygen atoms in total. The Kier molecular flexibility index (Phi) is 4.42. The van der Waals surface area contributed by atoms with Crippen molar-refractivity contribution in [3.63, 3.8) is 0 Å². The molecule has 4 fully saturated rings. The van der Waals surface area contributed by atoms with E-state index >= 15 is 0 Å². The maximum atomic E-state index is 13.1. The number of hydrogen-bond donors (Lipinski definition) is 2. The molecule has 0 unspecified atom stereocenters. The van der Waals surface area contributed by atoms with Crippen molar-refractivity contribution < 1.29 is 9.90 Å². The molecule has 6 rings (SSSR count). The fourth-order valence-corrected chi connectivity index (χ4v) is 6.39. The van der Waals surface area contributed by atoms with Crippen LogP contribution in [0.1, 0.15) is 44.1 Å². The molecular weight excluding hydrogens is 390 g/mol. The summed E-state index contributed by atoms with van der Waals surface area (Å²) in [6, 6.07) is 7.04. The van der Waals surface area contributed by atoms with Crippen molar-refractivity contribution in [2.45, 2.75) is 50.5 Å². The Balaban J connectivity index is 1.41. The van der Waals surface area contributed by atoms with Crippen molar-refractivity contribution in [3.05, 3.63) is 51.4 Å². The number of carbonyl (C=O) groups is 1. The van der Waals surface area contributed by atoms with Crippen LogP contribution < -0.4 is 10.9 Å². The van der Waals surface area contributed by atoms with Crippen molar-refractivity contribution in [2.75, 3.05) is 5.32 Å². The number of anilines is 2. The normalized spacial score (nSPS) is 29.8. The predicted molar refractivity (Wildman–Crippen MR) is 111 cm³/mol. The van der Waals surface area contributed by atoms with Gasteiger partial charge < -0.3 is 10.4 Å². The van der Waals surface area contributed by atoms with E-state index < -0.39 is 5.97 Å². The molecule has 4 bridgehead atoms. The Labute approximate surface area is 173 Å². The van der Waals surface area contributed by atoms with E-state index in [0.29, 0.717) is 11.3 Å². The molecule has 0 saturated heterocycles. The third-order valence-corrected chi connectivity index (χ3v) is 7.33. The average Bonchev–Trinajstić information content (AvgIpc) is 2.65. The highest BCUT2D eigenvalue weighted by molar-refractivity contribution is 6.33. The van der Waals surface area contributed by atoms with Crippen molar-refractivity contribution in [1.82, 2.24) is 9.78 Å². The summed E-state index contributed by atoms with van der Waals surface area (Å²) in [7, 11) is 0. The lowest BCUT2D eigenvalue weighted by atomic mass is 9.53. The third-order valence-electron chi connectivity index (χ3n) is 6.96. The van der Waals surface area contributed by atoms with Crippen LogP contribution in [0.25, 0.3) is 0 Å². The number of rotatable bonds is 5. The van der Waals surface area contributed by atoms with Crippen LogP contribution in [0, 0.1) is 17.8 Å². The molecule has 4 aliphatic rings. The number of nitrogens with one attached hydrogen (secondary N) is 1. The molecule has 0 radical (unpaired) electrons. The zero-order valence-corrected chi connectivity index (χ0v) is 16.9. The Morgan fingerprint density at radius 1 is 1.14 bits per heavy atom. The average molecular weight is 414 g/mol. The van der Waals surface area contributed by atoms with Gasteiger partial charge in [-0.2, -0.15) is 5.10 Å². The first kappa shape index (κ1) is 18.7. The number of carboxylic acid groups (broad SMARTS) is 1. The lowest BCUT2D eigenvalue weighted by Crippen LogP contribution is -2.55. The molecule has 1 aromatic carbocycles. The second-order valence-electron chi connectivity index (χ2n) is 9.12. The summed E-state index contributed by atoms with van der Waals surface area (Å²) in [5.41, 5.74) is 1.54. The number of aliphatic carboxylic acids is 1. The fraction of sp³-hybridized carbons (Fsp3) is 0.500. The van der Waals surface area contributed by atoms with Crippen LogP contribution in [0.5, 0.6) is 0 Å². The quantitative estimate of drug-likeness (QED) is 0.767. The van der Waals surface area contributed by atoms with Crippen LogP contribution in [0.2, 0.25) is 5.02 Å². The summed E-state index contributed by atoms with van der Waals surface area (Å²) >= 11 is 6.48. The van der Waals surface area contributed by atoms with Crippen molar-refractivity contribution in [1.29, 1.82) is 0 Å². The van der Waals surface area contributed by atoms with E-state index in [2.05, 4.69) is 10.4 Å². The molecule has 4 aliphatic carbocycles. The van der Waals surface area contributed by atoms with Crippen LogP contribution in [-0.4, -0.2) is 20.9 Å². The zero-order valence-electron chi connectivity index (χ0n) is 16.1. The van der Waals surface area contributed by atoms with Crippen LogP contribution in [0.3, 0.4) is 0 Å². The summed E-state index contributed by atoms with van der Waals surface area (Å²) in [4.78, 5) is 23.9. The smallest absolute Gasteiger partial charge is 0.307 e.